The largest absolute Gasteiger partial charge is 0.355 e. The Hall–Kier alpha value is -1.46. The second kappa shape index (κ2) is 7.08. The first-order valence-corrected chi connectivity index (χ1v) is 5.99. The quantitative estimate of drug-likeness (QED) is 0.744. The fourth-order valence-corrected chi connectivity index (χ4v) is 1.51. The van der Waals surface area contributed by atoms with Gasteiger partial charge in [-0.3, -0.25) is 4.79 Å². The number of urea groups is 1. The average Bonchev–Trinajstić information content (AvgIpc) is 2.29. The van der Waals surface area contributed by atoms with Gasteiger partial charge in [0.15, 0.2) is 0 Å². The normalized spacial score (nSPS) is 9.72. The summed E-state index contributed by atoms with van der Waals surface area (Å²) < 4.78 is 0. The smallest absolute Gasteiger partial charge is 0.319 e. The minimum absolute atomic E-state index is 0.143. The molecule has 0 fully saturated rings. The van der Waals surface area contributed by atoms with Crippen LogP contribution in [0.15, 0.2) is 18.2 Å². The lowest BCUT2D eigenvalue weighted by Crippen LogP contribution is -2.36. The molecule has 1 rings (SSSR count). The Morgan fingerprint density at radius 2 is 1.83 bits per heavy atom. The van der Waals surface area contributed by atoms with Crippen molar-refractivity contribution in [3.05, 3.63) is 28.2 Å². The average molecular weight is 290 g/mol. The molecule has 0 bridgehead atoms. The molecule has 5 nitrogen and oxygen atoms in total. The molecule has 0 heterocycles. The number of hydrogen-bond donors (Lipinski definition) is 3. The summed E-state index contributed by atoms with van der Waals surface area (Å²) in [6.45, 7) is 2.10. The van der Waals surface area contributed by atoms with Gasteiger partial charge in [-0.15, -0.1) is 0 Å². The molecule has 3 amide bonds. The van der Waals surface area contributed by atoms with Gasteiger partial charge in [0.1, 0.15) is 0 Å². The lowest BCUT2D eigenvalue weighted by Gasteiger charge is -2.09. The predicted octanol–water partition coefficient (Wildman–Crippen LogP) is 2.25. The molecule has 1 aromatic rings. The number of nitrogens with one attached hydrogen (secondary N) is 3. The highest BCUT2D eigenvalue weighted by Crippen LogP contribution is 2.25. The highest BCUT2D eigenvalue weighted by Gasteiger charge is 2.05. The Kier molecular flexibility index (Phi) is 5.74. The molecular weight excluding hydrogens is 277 g/mol. The van der Waals surface area contributed by atoms with Crippen LogP contribution >= 0.6 is 23.2 Å². The van der Waals surface area contributed by atoms with Gasteiger partial charge in [0.25, 0.3) is 0 Å². The van der Waals surface area contributed by atoms with Crippen LogP contribution in [0.4, 0.5) is 10.5 Å². The molecule has 0 aromatic heterocycles. The van der Waals surface area contributed by atoms with Crippen LogP contribution in [0.25, 0.3) is 0 Å². The maximum Gasteiger partial charge on any atom is 0.319 e. The lowest BCUT2D eigenvalue weighted by atomic mass is 10.3. The van der Waals surface area contributed by atoms with E-state index in [2.05, 4.69) is 16.0 Å². The van der Waals surface area contributed by atoms with Crippen LogP contribution in [-0.4, -0.2) is 25.0 Å². The van der Waals surface area contributed by atoms with Crippen LogP contribution in [0, 0.1) is 0 Å². The number of rotatable bonds is 4. The molecule has 0 aliphatic heterocycles. The third-order valence-corrected chi connectivity index (χ3v) is 2.53. The van der Waals surface area contributed by atoms with Gasteiger partial charge in [-0.25, -0.2) is 4.79 Å². The summed E-state index contributed by atoms with van der Waals surface area (Å²) in [6.07, 6.45) is 0. The van der Waals surface area contributed by atoms with E-state index in [9.17, 15) is 9.59 Å². The molecule has 0 saturated carbocycles. The van der Waals surface area contributed by atoms with Crippen molar-refractivity contribution in [1.29, 1.82) is 0 Å². The first-order valence-electron chi connectivity index (χ1n) is 5.23. The van der Waals surface area contributed by atoms with Crippen LogP contribution in [0.1, 0.15) is 6.92 Å². The Bertz CT molecular complexity index is 452. The summed E-state index contributed by atoms with van der Waals surface area (Å²) in [5.74, 6) is -0.143. The second-order valence-corrected chi connectivity index (χ2v) is 4.33. The van der Waals surface area contributed by atoms with E-state index in [0.29, 0.717) is 28.8 Å². The van der Waals surface area contributed by atoms with E-state index in [1.807, 2.05) is 0 Å². The van der Waals surface area contributed by atoms with Gasteiger partial charge >= 0.3 is 6.03 Å². The molecule has 3 N–H and O–H groups in total. The predicted molar refractivity (Wildman–Crippen MR) is 72.2 cm³/mol. The van der Waals surface area contributed by atoms with Gasteiger partial charge < -0.3 is 16.0 Å². The minimum atomic E-state index is -0.412. The van der Waals surface area contributed by atoms with Crippen LogP contribution < -0.4 is 16.0 Å². The SMILES string of the molecule is CC(=O)NCCNC(=O)Nc1cc(Cl)ccc1Cl. The zero-order valence-electron chi connectivity index (χ0n) is 9.72. The Balaban J connectivity index is 2.40. The number of carbonyl (C=O) groups excluding carboxylic acids is 2. The van der Waals surface area contributed by atoms with E-state index in [0.717, 1.165) is 0 Å². The van der Waals surface area contributed by atoms with Crippen molar-refractivity contribution in [3.8, 4) is 0 Å². The zero-order valence-corrected chi connectivity index (χ0v) is 11.2. The molecule has 7 heteroatoms. The topological polar surface area (TPSA) is 70.2 Å². The van der Waals surface area contributed by atoms with E-state index >= 15 is 0 Å². The number of hydrogen-bond acceptors (Lipinski definition) is 2. The van der Waals surface area contributed by atoms with Gasteiger partial charge in [0.2, 0.25) is 5.91 Å². The first kappa shape index (κ1) is 14.6. The van der Waals surface area contributed by atoms with Crippen molar-refractivity contribution in [2.24, 2.45) is 0 Å². The Morgan fingerprint density at radius 1 is 1.17 bits per heavy atom. The number of halogens is 2. The summed E-state index contributed by atoms with van der Waals surface area (Å²) in [5, 5.41) is 8.56. The molecule has 0 aliphatic carbocycles. The van der Waals surface area contributed by atoms with E-state index in [4.69, 9.17) is 23.2 Å². The highest BCUT2D eigenvalue weighted by molar-refractivity contribution is 6.35. The molecule has 0 unspecified atom stereocenters. The number of amides is 3. The van der Waals surface area contributed by atoms with Gasteiger partial charge in [-0.05, 0) is 18.2 Å². The van der Waals surface area contributed by atoms with Crippen molar-refractivity contribution < 1.29 is 9.59 Å². The van der Waals surface area contributed by atoms with Crippen LogP contribution in [0.2, 0.25) is 10.0 Å². The molecule has 0 atom stereocenters. The molecule has 18 heavy (non-hydrogen) atoms. The third-order valence-electron chi connectivity index (χ3n) is 1.96. The van der Waals surface area contributed by atoms with Crippen LogP contribution in [0.3, 0.4) is 0 Å². The fourth-order valence-electron chi connectivity index (χ4n) is 1.17. The minimum Gasteiger partial charge on any atom is -0.355 e. The molecule has 0 spiro atoms. The van der Waals surface area contributed by atoms with Gasteiger partial charge in [-0.2, -0.15) is 0 Å². The number of carbonyl (C=O) groups is 2. The fraction of sp³-hybridized carbons (Fsp3) is 0.273. The highest BCUT2D eigenvalue weighted by atomic mass is 35.5. The third kappa shape index (κ3) is 5.25. The van der Waals surface area contributed by atoms with E-state index < -0.39 is 6.03 Å². The summed E-state index contributed by atoms with van der Waals surface area (Å²) in [4.78, 5) is 22.1. The summed E-state index contributed by atoms with van der Waals surface area (Å²) >= 11 is 11.7. The van der Waals surface area contributed by atoms with Crippen LogP contribution in [0.5, 0.6) is 0 Å². The van der Waals surface area contributed by atoms with E-state index in [1.165, 1.54) is 6.92 Å². The number of benzene rings is 1. The standard InChI is InChI=1S/C11H13Cl2N3O2/c1-7(17)14-4-5-15-11(18)16-10-6-8(12)2-3-9(10)13/h2-3,6H,4-5H2,1H3,(H,14,17)(H2,15,16,18). The van der Waals surface area contributed by atoms with Crippen LogP contribution in [-0.2, 0) is 4.79 Å². The maximum absolute atomic E-state index is 11.5. The van der Waals surface area contributed by atoms with Crippen molar-refractivity contribution >= 4 is 40.8 Å². The monoisotopic (exact) mass is 289 g/mol. The molecule has 0 saturated heterocycles. The first-order chi connectivity index (χ1) is 8.49. The number of anilines is 1. The van der Waals surface area contributed by atoms with Gasteiger partial charge in [-0.1, -0.05) is 23.2 Å². The second-order valence-electron chi connectivity index (χ2n) is 3.49. The summed E-state index contributed by atoms with van der Waals surface area (Å²) in [7, 11) is 0. The molecular formula is C11H13Cl2N3O2. The Labute approximate surface area is 115 Å². The Morgan fingerprint density at radius 3 is 2.50 bits per heavy atom. The van der Waals surface area contributed by atoms with Crippen molar-refractivity contribution in [2.75, 3.05) is 18.4 Å². The molecule has 0 aliphatic rings. The van der Waals surface area contributed by atoms with Crippen molar-refractivity contribution in [2.45, 2.75) is 6.92 Å². The van der Waals surface area contributed by atoms with Crippen molar-refractivity contribution in [3.63, 3.8) is 0 Å². The van der Waals surface area contributed by atoms with Gasteiger partial charge in [0, 0.05) is 25.0 Å². The maximum atomic E-state index is 11.5. The summed E-state index contributed by atoms with van der Waals surface area (Å²) in [6, 6.07) is 4.36. The molecule has 98 valence electrons. The van der Waals surface area contributed by atoms with E-state index in [-0.39, 0.29) is 5.91 Å². The zero-order chi connectivity index (χ0) is 13.5. The van der Waals surface area contributed by atoms with Gasteiger partial charge in [0.05, 0.1) is 10.7 Å². The lowest BCUT2D eigenvalue weighted by molar-refractivity contribution is -0.118. The molecule has 0 radical (unpaired) electrons. The summed E-state index contributed by atoms with van der Waals surface area (Å²) in [5.41, 5.74) is 0.432. The van der Waals surface area contributed by atoms with Crippen molar-refractivity contribution in [1.82, 2.24) is 10.6 Å². The molecule has 1 aromatic carbocycles. The van der Waals surface area contributed by atoms with E-state index in [1.54, 1.807) is 18.2 Å².